The van der Waals surface area contributed by atoms with E-state index in [4.69, 9.17) is 11.6 Å². The minimum Gasteiger partial charge on any atom is -0.275 e. The lowest BCUT2D eigenvalue weighted by atomic mass is 10.0. The van der Waals surface area contributed by atoms with Gasteiger partial charge < -0.3 is 0 Å². The molecule has 0 atom stereocenters. The van der Waals surface area contributed by atoms with E-state index in [1.807, 2.05) is 30.3 Å². The number of aromatic amines is 1. The third-order valence-electron chi connectivity index (χ3n) is 3.57. The molecule has 108 valence electrons. The maximum absolute atomic E-state index is 6.13. The van der Waals surface area contributed by atoms with Crippen LogP contribution in [0.15, 0.2) is 48.7 Å². The van der Waals surface area contributed by atoms with Crippen LogP contribution in [0.3, 0.4) is 0 Å². The molecular formula is C17H12ClN3S. The topological polar surface area (TPSA) is 41.6 Å². The van der Waals surface area contributed by atoms with Crippen LogP contribution >= 0.6 is 22.9 Å². The minimum atomic E-state index is 0.706. The Morgan fingerprint density at radius 1 is 1.14 bits per heavy atom. The zero-order chi connectivity index (χ0) is 15.1. The maximum Gasteiger partial charge on any atom is 0.182 e. The number of rotatable bonds is 2. The number of aryl methyl sites for hydroxylation is 1. The highest BCUT2D eigenvalue weighted by Gasteiger charge is 2.15. The van der Waals surface area contributed by atoms with Crippen molar-refractivity contribution in [2.24, 2.45) is 0 Å². The summed E-state index contributed by atoms with van der Waals surface area (Å²) >= 11 is 7.90. The number of H-pyrrole nitrogens is 1. The number of pyridine rings is 1. The van der Waals surface area contributed by atoms with Gasteiger partial charge in [-0.1, -0.05) is 23.7 Å². The molecule has 0 radical (unpaired) electrons. The lowest BCUT2D eigenvalue weighted by Crippen LogP contribution is -1.82. The van der Waals surface area contributed by atoms with Gasteiger partial charge in [-0.2, -0.15) is 5.10 Å². The number of nitrogens with zero attached hydrogens (tertiary/aromatic N) is 2. The Morgan fingerprint density at radius 2 is 2.05 bits per heavy atom. The van der Waals surface area contributed by atoms with Crippen LogP contribution in [0.1, 0.15) is 4.88 Å². The van der Waals surface area contributed by atoms with Gasteiger partial charge in [0.2, 0.25) is 0 Å². The Labute approximate surface area is 136 Å². The maximum atomic E-state index is 6.13. The Balaban J connectivity index is 2.01. The van der Waals surface area contributed by atoms with Gasteiger partial charge in [0.1, 0.15) is 0 Å². The predicted molar refractivity (Wildman–Crippen MR) is 92.4 cm³/mol. The molecule has 0 saturated carbocycles. The fourth-order valence-electron chi connectivity index (χ4n) is 2.58. The summed E-state index contributed by atoms with van der Waals surface area (Å²) in [6, 6.07) is 14.1. The van der Waals surface area contributed by atoms with Gasteiger partial charge in [0.25, 0.3) is 0 Å². The molecule has 1 N–H and O–H groups in total. The van der Waals surface area contributed by atoms with Crippen LogP contribution in [-0.4, -0.2) is 15.2 Å². The second-order valence-corrected chi connectivity index (χ2v) is 6.80. The summed E-state index contributed by atoms with van der Waals surface area (Å²) in [5.41, 5.74) is 3.83. The molecule has 0 aliphatic carbocycles. The second kappa shape index (κ2) is 5.23. The number of benzene rings is 1. The Hall–Kier alpha value is -2.17. The first-order valence-electron chi connectivity index (χ1n) is 6.88. The fraction of sp³-hybridized carbons (Fsp3) is 0.0588. The van der Waals surface area contributed by atoms with E-state index in [1.165, 1.54) is 9.75 Å². The summed E-state index contributed by atoms with van der Waals surface area (Å²) < 4.78 is 0. The highest BCUT2D eigenvalue weighted by molar-refractivity contribution is 7.15. The summed E-state index contributed by atoms with van der Waals surface area (Å²) in [4.78, 5) is 6.87. The number of hydrogen-bond donors (Lipinski definition) is 1. The Kier molecular flexibility index (Phi) is 3.21. The summed E-state index contributed by atoms with van der Waals surface area (Å²) in [5.74, 6) is 0. The molecule has 4 rings (SSSR count). The van der Waals surface area contributed by atoms with Gasteiger partial charge in [-0.15, -0.1) is 11.3 Å². The molecule has 0 unspecified atom stereocenters. The van der Waals surface area contributed by atoms with E-state index in [1.54, 1.807) is 17.5 Å². The standard InChI is InChI=1S/C17H12ClN3S/c1-10-5-6-14(22-10)13-7-8-19-17-15(13)16(20-21-17)11-3-2-4-12(18)9-11/h2-9H,1H3,(H,19,20,21). The molecule has 1 aromatic carbocycles. The van der Waals surface area contributed by atoms with Crippen molar-refractivity contribution < 1.29 is 0 Å². The van der Waals surface area contributed by atoms with Crippen molar-refractivity contribution in [3.8, 4) is 21.7 Å². The lowest BCUT2D eigenvalue weighted by Gasteiger charge is -2.04. The van der Waals surface area contributed by atoms with Gasteiger partial charge in [-0.3, -0.25) is 5.10 Å². The molecule has 0 amide bonds. The van der Waals surface area contributed by atoms with Crippen molar-refractivity contribution in [2.75, 3.05) is 0 Å². The van der Waals surface area contributed by atoms with Gasteiger partial charge in [-0.25, -0.2) is 4.98 Å². The molecule has 0 spiro atoms. The SMILES string of the molecule is Cc1ccc(-c2ccnc3n[nH]c(-c4cccc(Cl)c4)c23)s1. The second-order valence-electron chi connectivity index (χ2n) is 5.08. The number of nitrogens with one attached hydrogen (secondary N) is 1. The van der Waals surface area contributed by atoms with Gasteiger partial charge in [0, 0.05) is 32.1 Å². The summed E-state index contributed by atoms with van der Waals surface area (Å²) in [7, 11) is 0. The van der Waals surface area contributed by atoms with Gasteiger partial charge in [-0.05, 0) is 37.3 Å². The molecule has 3 nitrogen and oxygen atoms in total. The number of aromatic nitrogens is 3. The first kappa shape index (κ1) is 13.5. The van der Waals surface area contributed by atoms with Crippen LogP contribution in [0, 0.1) is 6.92 Å². The average molecular weight is 326 g/mol. The van der Waals surface area contributed by atoms with E-state index >= 15 is 0 Å². The zero-order valence-electron chi connectivity index (χ0n) is 11.8. The average Bonchev–Trinajstić information content (AvgIpc) is 3.13. The van der Waals surface area contributed by atoms with E-state index in [9.17, 15) is 0 Å². The van der Waals surface area contributed by atoms with Crippen molar-refractivity contribution in [1.82, 2.24) is 15.2 Å². The first-order chi connectivity index (χ1) is 10.7. The van der Waals surface area contributed by atoms with Crippen LogP contribution in [0.4, 0.5) is 0 Å². The number of thiophene rings is 1. The first-order valence-corrected chi connectivity index (χ1v) is 8.07. The predicted octanol–water partition coefficient (Wildman–Crippen LogP) is 5.32. The normalized spacial score (nSPS) is 11.2. The molecule has 22 heavy (non-hydrogen) atoms. The summed E-state index contributed by atoms with van der Waals surface area (Å²) in [5, 5.41) is 9.19. The monoisotopic (exact) mass is 325 g/mol. The van der Waals surface area contributed by atoms with Crippen LogP contribution in [0.25, 0.3) is 32.7 Å². The molecule has 5 heteroatoms. The van der Waals surface area contributed by atoms with Crippen molar-refractivity contribution in [3.63, 3.8) is 0 Å². The fourth-order valence-corrected chi connectivity index (χ4v) is 3.67. The molecule has 4 aromatic rings. The van der Waals surface area contributed by atoms with E-state index in [-0.39, 0.29) is 0 Å². The number of halogens is 1. The lowest BCUT2D eigenvalue weighted by molar-refractivity contribution is 1.10. The van der Waals surface area contributed by atoms with Crippen LogP contribution in [-0.2, 0) is 0 Å². The number of fused-ring (bicyclic) bond motifs is 1. The van der Waals surface area contributed by atoms with Gasteiger partial charge in [0.15, 0.2) is 5.65 Å². The highest BCUT2D eigenvalue weighted by atomic mass is 35.5. The molecule has 3 heterocycles. The van der Waals surface area contributed by atoms with Gasteiger partial charge >= 0.3 is 0 Å². The summed E-state index contributed by atoms with van der Waals surface area (Å²) in [6.07, 6.45) is 1.80. The molecule has 0 aliphatic rings. The molecule has 3 aromatic heterocycles. The molecule has 0 aliphatic heterocycles. The van der Waals surface area contributed by atoms with E-state index in [0.29, 0.717) is 5.02 Å². The third-order valence-corrected chi connectivity index (χ3v) is 4.84. The minimum absolute atomic E-state index is 0.706. The number of hydrogen-bond acceptors (Lipinski definition) is 3. The van der Waals surface area contributed by atoms with E-state index in [2.05, 4.69) is 34.2 Å². The smallest absolute Gasteiger partial charge is 0.182 e. The zero-order valence-corrected chi connectivity index (χ0v) is 13.4. The molecular weight excluding hydrogens is 314 g/mol. The summed E-state index contributed by atoms with van der Waals surface area (Å²) in [6.45, 7) is 2.11. The van der Waals surface area contributed by atoms with Crippen molar-refractivity contribution in [1.29, 1.82) is 0 Å². The van der Waals surface area contributed by atoms with Gasteiger partial charge in [0.05, 0.1) is 11.1 Å². The molecule has 0 saturated heterocycles. The Bertz CT molecular complexity index is 971. The quantitative estimate of drug-likeness (QED) is 0.542. The molecule has 0 fully saturated rings. The largest absolute Gasteiger partial charge is 0.275 e. The third kappa shape index (κ3) is 2.21. The van der Waals surface area contributed by atoms with Crippen molar-refractivity contribution in [2.45, 2.75) is 6.92 Å². The highest BCUT2D eigenvalue weighted by Crippen LogP contribution is 2.37. The van der Waals surface area contributed by atoms with Crippen LogP contribution < -0.4 is 0 Å². The molecule has 0 bridgehead atoms. The van der Waals surface area contributed by atoms with Crippen molar-refractivity contribution in [3.05, 3.63) is 58.6 Å². The Morgan fingerprint density at radius 3 is 2.82 bits per heavy atom. The van der Waals surface area contributed by atoms with Crippen LogP contribution in [0.5, 0.6) is 0 Å². The van der Waals surface area contributed by atoms with Crippen LogP contribution in [0.2, 0.25) is 5.02 Å². The van der Waals surface area contributed by atoms with E-state index < -0.39 is 0 Å². The van der Waals surface area contributed by atoms with E-state index in [0.717, 1.165) is 27.9 Å². The van der Waals surface area contributed by atoms with Crippen molar-refractivity contribution >= 4 is 34.0 Å².